The Morgan fingerprint density at radius 2 is 1.97 bits per heavy atom. The van der Waals surface area contributed by atoms with Gasteiger partial charge in [0.25, 0.3) is 0 Å². The van der Waals surface area contributed by atoms with Crippen molar-refractivity contribution in [3.63, 3.8) is 0 Å². The van der Waals surface area contributed by atoms with Crippen LogP contribution < -0.4 is 10.6 Å². The van der Waals surface area contributed by atoms with E-state index in [0.29, 0.717) is 11.7 Å². The number of anilines is 1. The van der Waals surface area contributed by atoms with Gasteiger partial charge in [-0.2, -0.15) is 0 Å². The van der Waals surface area contributed by atoms with E-state index in [1.165, 1.54) is 11.8 Å². The number of hydrogen-bond acceptors (Lipinski definition) is 6. The lowest BCUT2D eigenvalue weighted by atomic mass is 10.1. The van der Waals surface area contributed by atoms with Gasteiger partial charge in [-0.1, -0.05) is 30.0 Å². The van der Waals surface area contributed by atoms with Gasteiger partial charge in [0.15, 0.2) is 11.0 Å². The normalized spacial score (nSPS) is 10.7. The maximum atomic E-state index is 12.2. The Labute approximate surface area is 177 Å². The molecule has 3 aromatic rings. The van der Waals surface area contributed by atoms with Crippen LogP contribution in [0.5, 0.6) is 0 Å². The number of rotatable bonds is 8. The Morgan fingerprint density at radius 1 is 1.14 bits per heavy atom. The highest BCUT2D eigenvalue weighted by molar-refractivity contribution is 7.99. The number of carbonyl (C=O) groups excluding carboxylic acids is 2. The van der Waals surface area contributed by atoms with Gasteiger partial charge in [0.2, 0.25) is 11.8 Å². The molecule has 0 spiro atoms. The molecule has 7 nitrogen and oxygen atoms in total. The average Bonchev–Trinajstić information content (AvgIpc) is 3.37. The van der Waals surface area contributed by atoms with Crippen molar-refractivity contribution in [1.29, 1.82) is 0 Å². The van der Waals surface area contributed by atoms with E-state index in [0.717, 1.165) is 27.5 Å². The van der Waals surface area contributed by atoms with Crippen LogP contribution in [0.15, 0.2) is 40.9 Å². The molecule has 0 fully saturated rings. The highest BCUT2D eigenvalue weighted by Crippen LogP contribution is 2.27. The van der Waals surface area contributed by atoms with Gasteiger partial charge in [0.1, 0.15) is 0 Å². The zero-order valence-corrected chi connectivity index (χ0v) is 18.2. The molecule has 2 aromatic heterocycles. The van der Waals surface area contributed by atoms with E-state index >= 15 is 0 Å². The summed E-state index contributed by atoms with van der Waals surface area (Å²) in [5.41, 5.74) is 2.88. The maximum absolute atomic E-state index is 12.2. The van der Waals surface area contributed by atoms with Gasteiger partial charge in [-0.05, 0) is 49.4 Å². The molecule has 0 aliphatic rings. The van der Waals surface area contributed by atoms with E-state index in [2.05, 4.69) is 20.8 Å². The molecule has 2 heterocycles. The number of aromatic nitrogens is 3. The van der Waals surface area contributed by atoms with Crippen molar-refractivity contribution in [2.45, 2.75) is 32.5 Å². The minimum Gasteiger partial charge on any atom is -0.346 e. The van der Waals surface area contributed by atoms with Crippen molar-refractivity contribution in [1.82, 2.24) is 20.1 Å². The van der Waals surface area contributed by atoms with E-state index in [4.69, 9.17) is 0 Å². The zero-order chi connectivity index (χ0) is 20.8. The molecule has 3 rings (SSSR count). The summed E-state index contributed by atoms with van der Waals surface area (Å²) in [5.74, 6) is 0.487. The Balaban J connectivity index is 1.50. The molecule has 0 aliphatic heterocycles. The average molecular weight is 430 g/mol. The fourth-order valence-corrected chi connectivity index (χ4v) is 4.26. The van der Waals surface area contributed by atoms with Crippen LogP contribution in [0.4, 0.5) is 5.69 Å². The van der Waals surface area contributed by atoms with E-state index in [-0.39, 0.29) is 24.1 Å². The molecule has 0 atom stereocenters. The fraction of sp³-hybridized carbons (Fsp3) is 0.300. The molecular weight excluding hydrogens is 406 g/mol. The number of thioether (sulfide) groups is 1. The number of amides is 2. The van der Waals surface area contributed by atoms with Crippen LogP contribution in [0.3, 0.4) is 0 Å². The molecule has 0 unspecified atom stereocenters. The van der Waals surface area contributed by atoms with Gasteiger partial charge in [-0.3, -0.25) is 9.59 Å². The molecule has 0 saturated carbocycles. The third-order valence-electron chi connectivity index (χ3n) is 4.43. The fourth-order valence-electron chi connectivity index (χ4n) is 2.71. The molecule has 0 bridgehead atoms. The van der Waals surface area contributed by atoms with Crippen LogP contribution in [-0.4, -0.2) is 38.9 Å². The van der Waals surface area contributed by atoms with Crippen molar-refractivity contribution >= 4 is 40.6 Å². The number of nitrogens with zero attached hydrogens (tertiary/aromatic N) is 3. The number of hydrogen-bond donors (Lipinski definition) is 2. The molecule has 9 heteroatoms. The third kappa shape index (κ3) is 5.24. The minimum atomic E-state index is -0.256. The largest absolute Gasteiger partial charge is 0.346 e. The zero-order valence-electron chi connectivity index (χ0n) is 16.6. The van der Waals surface area contributed by atoms with Crippen LogP contribution in [0.1, 0.15) is 18.1 Å². The Morgan fingerprint density at radius 3 is 2.69 bits per heavy atom. The van der Waals surface area contributed by atoms with Gasteiger partial charge in [0, 0.05) is 12.2 Å². The summed E-state index contributed by atoms with van der Waals surface area (Å²) < 4.78 is 1.98. The van der Waals surface area contributed by atoms with Gasteiger partial charge in [-0.25, -0.2) is 0 Å². The van der Waals surface area contributed by atoms with Gasteiger partial charge in [0.05, 0.1) is 17.2 Å². The van der Waals surface area contributed by atoms with Crippen LogP contribution in [-0.2, 0) is 16.1 Å². The first-order chi connectivity index (χ1) is 14.0. The molecular formula is C20H23N5O2S2. The van der Waals surface area contributed by atoms with Crippen molar-refractivity contribution in [2.75, 3.05) is 17.6 Å². The standard InChI is InChI=1S/C20H23N5O2S2/c1-4-25-19(16-9-6-10-28-16)23-24-20(25)29-12-18(27)21-11-17(26)22-15-8-5-7-13(2)14(15)3/h5-10H,4,11-12H2,1-3H3,(H,21,27)(H,22,26). The lowest BCUT2D eigenvalue weighted by molar-refractivity contribution is -0.122. The maximum Gasteiger partial charge on any atom is 0.243 e. The topological polar surface area (TPSA) is 88.9 Å². The Bertz CT molecular complexity index is 998. The van der Waals surface area contributed by atoms with Gasteiger partial charge >= 0.3 is 0 Å². The highest BCUT2D eigenvalue weighted by atomic mass is 32.2. The van der Waals surface area contributed by atoms with Crippen LogP contribution >= 0.6 is 23.1 Å². The number of aryl methyl sites for hydroxylation is 1. The lowest BCUT2D eigenvalue weighted by Gasteiger charge is -2.11. The predicted octanol–water partition coefficient (Wildman–Crippen LogP) is 3.49. The smallest absolute Gasteiger partial charge is 0.243 e. The molecule has 29 heavy (non-hydrogen) atoms. The number of nitrogens with one attached hydrogen (secondary N) is 2. The van der Waals surface area contributed by atoms with Crippen LogP contribution in [0.25, 0.3) is 10.7 Å². The van der Waals surface area contributed by atoms with Crippen LogP contribution in [0.2, 0.25) is 0 Å². The van der Waals surface area contributed by atoms with E-state index in [9.17, 15) is 9.59 Å². The summed E-state index contributed by atoms with van der Waals surface area (Å²) in [7, 11) is 0. The number of benzene rings is 1. The molecule has 0 aliphatic carbocycles. The highest BCUT2D eigenvalue weighted by Gasteiger charge is 2.15. The molecule has 2 amide bonds. The number of carbonyl (C=O) groups is 2. The predicted molar refractivity (Wildman–Crippen MR) is 117 cm³/mol. The lowest BCUT2D eigenvalue weighted by Crippen LogP contribution is -2.34. The number of thiophene rings is 1. The Hall–Kier alpha value is -2.65. The van der Waals surface area contributed by atoms with E-state index < -0.39 is 0 Å². The van der Waals surface area contributed by atoms with Crippen molar-refractivity contribution in [3.05, 3.63) is 46.8 Å². The summed E-state index contributed by atoms with van der Waals surface area (Å²) in [6.07, 6.45) is 0. The molecule has 0 saturated heterocycles. The van der Waals surface area contributed by atoms with Gasteiger partial charge < -0.3 is 15.2 Å². The van der Waals surface area contributed by atoms with Crippen LogP contribution in [0, 0.1) is 13.8 Å². The Kier molecular flexibility index (Phi) is 7.05. The quantitative estimate of drug-likeness (QED) is 0.535. The van der Waals surface area contributed by atoms with Crippen molar-refractivity contribution in [3.8, 4) is 10.7 Å². The monoisotopic (exact) mass is 429 g/mol. The molecule has 1 aromatic carbocycles. The van der Waals surface area contributed by atoms with Crippen molar-refractivity contribution < 1.29 is 9.59 Å². The second-order valence-electron chi connectivity index (χ2n) is 6.39. The first-order valence-electron chi connectivity index (χ1n) is 9.22. The first kappa shape index (κ1) is 21.1. The molecule has 2 N–H and O–H groups in total. The summed E-state index contributed by atoms with van der Waals surface area (Å²) in [6.45, 7) is 6.59. The first-order valence-corrected chi connectivity index (χ1v) is 11.1. The van der Waals surface area contributed by atoms with Gasteiger partial charge in [-0.15, -0.1) is 21.5 Å². The van der Waals surface area contributed by atoms with E-state index in [1.807, 2.05) is 61.1 Å². The SMILES string of the molecule is CCn1c(SCC(=O)NCC(=O)Nc2cccc(C)c2C)nnc1-c1cccs1. The molecule has 0 radical (unpaired) electrons. The van der Waals surface area contributed by atoms with Crippen molar-refractivity contribution in [2.24, 2.45) is 0 Å². The summed E-state index contributed by atoms with van der Waals surface area (Å²) in [5, 5.41) is 16.6. The molecule has 152 valence electrons. The minimum absolute atomic E-state index is 0.0757. The summed E-state index contributed by atoms with van der Waals surface area (Å²) in [4.78, 5) is 25.3. The second-order valence-corrected chi connectivity index (χ2v) is 8.28. The summed E-state index contributed by atoms with van der Waals surface area (Å²) in [6, 6.07) is 9.69. The summed E-state index contributed by atoms with van der Waals surface area (Å²) >= 11 is 2.91. The van der Waals surface area contributed by atoms with E-state index in [1.54, 1.807) is 11.3 Å². The third-order valence-corrected chi connectivity index (χ3v) is 6.26. The second kappa shape index (κ2) is 9.71.